The molecule has 1 spiro atoms. The number of anilines is 1. The molecule has 0 saturated carbocycles. The van der Waals surface area contributed by atoms with Gasteiger partial charge in [0.05, 0.1) is 13.1 Å². The van der Waals surface area contributed by atoms with Gasteiger partial charge in [-0.1, -0.05) is 17.7 Å². The normalized spacial score (nSPS) is 22.2. The summed E-state index contributed by atoms with van der Waals surface area (Å²) >= 11 is 0. The Hall–Kier alpha value is -2.73. The lowest BCUT2D eigenvalue weighted by molar-refractivity contribution is -0.144. The van der Waals surface area contributed by atoms with Crippen molar-refractivity contribution in [3.05, 3.63) is 65.0 Å². The Morgan fingerprint density at radius 1 is 1.10 bits per heavy atom. The van der Waals surface area contributed by atoms with Crippen molar-refractivity contribution in [2.75, 3.05) is 31.1 Å². The summed E-state index contributed by atoms with van der Waals surface area (Å²) in [7, 11) is 0. The molecule has 0 aliphatic carbocycles. The summed E-state index contributed by atoms with van der Waals surface area (Å²) in [5.74, 6) is -0.494. The first-order valence-corrected chi connectivity index (χ1v) is 9.93. The Kier molecular flexibility index (Phi) is 5.13. The lowest BCUT2D eigenvalue weighted by Gasteiger charge is -2.47. The molecule has 2 fully saturated rings. The van der Waals surface area contributed by atoms with Crippen molar-refractivity contribution in [1.29, 1.82) is 0 Å². The fourth-order valence-corrected chi connectivity index (χ4v) is 4.23. The van der Waals surface area contributed by atoms with Crippen molar-refractivity contribution in [2.45, 2.75) is 32.3 Å². The second-order valence-electron chi connectivity index (χ2n) is 8.08. The lowest BCUT2D eigenvalue weighted by Crippen LogP contribution is -2.62. The van der Waals surface area contributed by atoms with Crippen molar-refractivity contribution in [3.8, 4) is 0 Å². The van der Waals surface area contributed by atoms with Crippen molar-refractivity contribution in [1.82, 2.24) is 4.90 Å². The third-order valence-corrected chi connectivity index (χ3v) is 5.84. The summed E-state index contributed by atoms with van der Waals surface area (Å²) < 4.78 is 19.3. The van der Waals surface area contributed by atoms with Crippen LogP contribution >= 0.6 is 0 Å². The van der Waals surface area contributed by atoms with Crippen LogP contribution in [0.1, 0.15) is 34.3 Å². The molecule has 1 unspecified atom stereocenters. The van der Waals surface area contributed by atoms with Gasteiger partial charge in [0.25, 0.3) is 11.8 Å². The Morgan fingerprint density at radius 3 is 2.62 bits per heavy atom. The number of piperidine rings is 1. The first kappa shape index (κ1) is 19.6. The number of morpholine rings is 1. The Balaban J connectivity index is 1.56. The number of nitrogens with zero attached hydrogens (tertiary/aromatic N) is 2. The molecule has 4 rings (SSSR count). The molecule has 2 aromatic rings. The minimum atomic E-state index is -0.603. The number of amides is 2. The number of likely N-dealkylation sites (tertiary alicyclic amines) is 1. The number of benzene rings is 2. The first-order valence-electron chi connectivity index (χ1n) is 9.93. The van der Waals surface area contributed by atoms with E-state index in [9.17, 15) is 14.0 Å². The number of aryl methyl sites for hydroxylation is 2. The van der Waals surface area contributed by atoms with Crippen LogP contribution in [-0.2, 0) is 9.53 Å². The highest BCUT2D eigenvalue weighted by Gasteiger charge is 2.44. The highest BCUT2D eigenvalue weighted by atomic mass is 19.1. The summed E-state index contributed by atoms with van der Waals surface area (Å²) in [4.78, 5) is 29.1. The number of hydrogen-bond acceptors (Lipinski definition) is 3. The van der Waals surface area contributed by atoms with Crippen LogP contribution in [0.3, 0.4) is 0 Å². The van der Waals surface area contributed by atoms with E-state index >= 15 is 0 Å². The topological polar surface area (TPSA) is 49.9 Å². The first-order chi connectivity index (χ1) is 13.9. The SMILES string of the molecule is Cc1ccc(C)c(C(=O)N2CCCC3(C2)CN(c2ccc(F)cc2)C(=O)CO3)c1. The molecule has 2 aliphatic heterocycles. The number of carbonyl (C=O) groups excluding carboxylic acids is 2. The number of ether oxygens (including phenoxy) is 1. The molecule has 6 heteroatoms. The summed E-state index contributed by atoms with van der Waals surface area (Å²) in [5.41, 5.74) is 2.76. The van der Waals surface area contributed by atoms with E-state index in [2.05, 4.69) is 0 Å². The number of hydrogen-bond donors (Lipinski definition) is 0. The van der Waals surface area contributed by atoms with E-state index < -0.39 is 5.60 Å². The monoisotopic (exact) mass is 396 g/mol. The number of halogens is 1. The minimum absolute atomic E-state index is 0.000827. The van der Waals surface area contributed by atoms with Gasteiger partial charge in [-0.05, 0) is 62.6 Å². The third kappa shape index (κ3) is 3.90. The van der Waals surface area contributed by atoms with Gasteiger partial charge in [-0.3, -0.25) is 9.59 Å². The van der Waals surface area contributed by atoms with Crippen LogP contribution in [-0.4, -0.2) is 48.6 Å². The lowest BCUT2D eigenvalue weighted by atomic mass is 9.89. The molecule has 0 aromatic heterocycles. The second kappa shape index (κ2) is 7.59. The predicted molar refractivity (Wildman–Crippen MR) is 108 cm³/mol. The van der Waals surface area contributed by atoms with Gasteiger partial charge in [0.15, 0.2) is 0 Å². The average Bonchev–Trinajstić information content (AvgIpc) is 2.72. The van der Waals surface area contributed by atoms with E-state index in [1.54, 1.807) is 17.0 Å². The molecule has 29 heavy (non-hydrogen) atoms. The Labute approximate surface area is 170 Å². The van der Waals surface area contributed by atoms with Gasteiger partial charge >= 0.3 is 0 Å². The molecule has 5 nitrogen and oxygen atoms in total. The van der Waals surface area contributed by atoms with E-state index in [1.165, 1.54) is 12.1 Å². The zero-order chi connectivity index (χ0) is 20.6. The average molecular weight is 396 g/mol. The van der Waals surface area contributed by atoms with Crippen molar-refractivity contribution >= 4 is 17.5 Å². The van der Waals surface area contributed by atoms with Crippen LogP contribution in [0.2, 0.25) is 0 Å². The standard InChI is InChI=1S/C23H25FN2O3/c1-16-4-5-17(2)20(12-16)22(28)25-11-3-10-23(14-25)15-26(21(27)13-29-23)19-8-6-18(24)7-9-19/h4-9,12H,3,10-11,13-15H2,1-2H3. The van der Waals surface area contributed by atoms with Gasteiger partial charge in [-0.25, -0.2) is 4.39 Å². The molecule has 2 aliphatic rings. The van der Waals surface area contributed by atoms with Crippen LogP contribution in [0.4, 0.5) is 10.1 Å². The molecule has 2 amide bonds. The van der Waals surface area contributed by atoms with Crippen molar-refractivity contribution in [3.63, 3.8) is 0 Å². The molecule has 0 bridgehead atoms. The van der Waals surface area contributed by atoms with Gasteiger partial charge in [0, 0.05) is 17.8 Å². The van der Waals surface area contributed by atoms with E-state index in [0.717, 1.165) is 24.0 Å². The largest absolute Gasteiger partial charge is 0.361 e. The molecule has 0 N–H and O–H groups in total. The second-order valence-corrected chi connectivity index (χ2v) is 8.08. The smallest absolute Gasteiger partial charge is 0.254 e. The molecule has 2 saturated heterocycles. The summed E-state index contributed by atoms with van der Waals surface area (Å²) in [6.07, 6.45) is 1.58. The number of carbonyl (C=O) groups is 2. The van der Waals surface area contributed by atoms with Gasteiger partial charge in [-0.15, -0.1) is 0 Å². The summed E-state index contributed by atoms with van der Waals surface area (Å²) in [6.45, 7) is 5.34. The van der Waals surface area contributed by atoms with Crippen molar-refractivity contribution < 1.29 is 18.7 Å². The van der Waals surface area contributed by atoms with Crippen LogP contribution in [0.5, 0.6) is 0 Å². The van der Waals surface area contributed by atoms with Gasteiger partial charge < -0.3 is 14.5 Å². The van der Waals surface area contributed by atoms with Crippen LogP contribution in [0.25, 0.3) is 0 Å². The van der Waals surface area contributed by atoms with Crippen LogP contribution in [0, 0.1) is 19.7 Å². The molecule has 152 valence electrons. The highest BCUT2D eigenvalue weighted by molar-refractivity contribution is 5.97. The van der Waals surface area contributed by atoms with Gasteiger partial charge in [-0.2, -0.15) is 0 Å². The quantitative estimate of drug-likeness (QED) is 0.781. The summed E-state index contributed by atoms with van der Waals surface area (Å²) in [5, 5.41) is 0. The van der Waals surface area contributed by atoms with E-state index in [4.69, 9.17) is 4.74 Å². The number of rotatable bonds is 2. The maximum atomic E-state index is 13.3. The van der Waals surface area contributed by atoms with Gasteiger partial charge in [0.2, 0.25) is 0 Å². The minimum Gasteiger partial charge on any atom is -0.361 e. The third-order valence-electron chi connectivity index (χ3n) is 5.84. The molecular weight excluding hydrogens is 371 g/mol. The van der Waals surface area contributed by atoms with E-state index in [1.807, 2.05) is 36.9 Å². The maximum absolute atomic E-state index is 13.3. The highest BCUT2D eigenvalue weighted by Crippen LogP contribution is 2.32. The van der Waals surface area contributed by atoms with Gasteiger partial charge in [0.1, 0.15) is 18.0 Å². The van der Waals surface area contributed by atoms with Crippen LogP contribution < -0.4 is 4.90 Å². The summed E-state index contributed by atoms with van der Waals surface area (Å²) in [6, 6.07) is 11.8. The molecule has 2 heterocycles. The molecule has 0 radical (unpaired) electrons. The van der Waals surface area contributed by atoms with Crippen LogP contribution in [0.15, 0.2) is 42.5 Å². The zero-order valence-corrected chi connectivity index (χ0v) is 16.8. The zero-order valence-electron chi connectivity index (χ0n) is 16.8. The molecule has 2 aromatic carbocycles. The predicted octanol–water partition coefficient (Wildman–Crippen LogP) is 3.48. The fourth-order valence-electron chi connectivity index (χ4n) is 4.23. The fraction of sp³-hybridized carbons (Fsp3) is 0.391. The van der Waals surface area contributed by atoms with E-state index in [0.29, 0.717) is 30.9 Å². The molecular formula is C23H25FN2O3. The maximum Gasteiger partial charge on any atom is 0.254 e. The van der Waals surface area contributed by atoms with E-state index in [-0.39, 0.29) is 24.2 Å². The molecule has 1 atom stereocenters. The Morgan fingerprint density at radius 2 is 1.86 bits per heavy atom. The Bertz CT molecular complexity index is 944. The van der Waals surface area contributed by atoms with Crippen molar-refractivity contribution in [2.24, 2.45) is 0 Å².